The highest BCUT2D eigenvalue weighted by Crippen LogP contribution is 2.23. The first-order chi connectivity index (χ1) is 14.0. The number of anilines is 1. The molecule has 1 unspecified atom stereocenters. The Bertz CT molecular complexity index is 1000. The third-order valence-corrected chi connectivity index (χ3v) is 5.48. The molecule has 0 aliphatic carbocycles. The molecule has 152 valence electrons. The summed E-state index contributed by atoms with van der Waals surface area (Å²) in [6.45, 7) is 3.57. The van der Waals surface area contributed by atoms with Gasteiger partial charge in [0, 0.05) is 36.6 Å². The standard InChI is InChI=1S/C22H23F3N4/c1-14-17-12-15(23)7-8-21(17)28-22(27-14)29-10-3-4-16(9-11-29)26-13-18-19(24)5-2-6-20(18)25/h2,5-8,12,16,26H,3-4,9-11,13H2,1H3. The van der Waals surface area contributed by atoms with Crippen molar-refractivity contribution >= 4 is 16.9 Å². The van der Waals surface area contributed by atoms with E-state index in [-0.39, 0.29) is 24.0 Å². The molecule has 1 fully saturated rings. The van der Waals surface area contributed by atoms with Crippen LogP contribution in [0.2, 0.25) is 0 Å². The monoisotopic (exact) mass is 400 g/mol. The molecule has 0 bridgehead atoms. The number of aromatic nitrogens is 2. The maximum atomic E-state index is 13.8. The Balaban J connectivity index is 1.44. The van der Waals surface area contributed by atoms with Crippen LogP contribution >= 0.6 is 0 Å². The summed E-state index contributed by atoms with van der Waals surface area (Å²) in [4.78, 5) is 11.3. The molecule has 1 aliphatic rings. The van der Waals surface area contributed by atoms with E-state index < -0.39 is 11.6 Å². The van der Waals surface area contributed by atoms with Crippen molar-refractivity contribution in [1.82, 2.24) is 15.3 Å². The zero-order valence-electron chi connectivity index (χ0n) is 16.3. The van der Waals surface area contributed by atoms with Gasteiger partial charge in [0.1, 0.15) is 17.5 Å². The topological polar surface area (TPSA) is 41.1 Å². The van der Waals surface area contributed by atoms with Gasteiger partial charge in [-0.2, -0.15) is 0 Å². The van der Waals surface area contributed by atoms with Crippen molar-refractivity contribution in [2.45, 2.75) is 38.8 Å². The summed E-state index contributed by atoms with van der Waals surface area (Å²) in [6, 6.07) is 8.63. The van der Waals surface area contributed by atoms with Crippen LogP contribution in [0.5, 0.6) is 0 Å². The lowest BCUT2D eigenvalue weighted by Gasteiger charge is -2.21. The molecule has 2 aromatic carbocycles. The molecule has 1 saturated heterocycles. The highest BCUT2D eigenvalue weighted by atomic mass is 19.1. The number of benzene rings is 2. The van der Waals surface area contributed by atoms with Gasteiger partial charge in [0.25, 0.3) is 0 Å². The summed E-state index contributed by atoms with van der Waals surface area (Å²) in [5.74, 6) is -0.706. The van der Waals surface area contributed by atoms with E-state index in [0.29, 0.717) is 5.95 Å². The smallest absolute Gasteiger partial charge is 0.226 e. The second-order valence-electron chi connectivity index (χ2n) is 7.47. The van der Waals surface area contributed by atoms with Crippen molar-refractivity contribution in [2.24, 2.45) is 0 Å². The third-order valence-electron chi connectivity index (χ3n) is 5.48. The van der Waals surface area contributed by atoms with E-state index in [1.54, 1.807) is 6.07 Å². The first-order valence-electron chi connectivity index (χ1n) is 9.86. The lowest BCUT2D eigenvalue weighted by atomic mass is 10.1. The minimum Gasteiger partial charge on any atom is -0.341 e. The molecule has 4 nitrogen and oxygen atoms in total. The molecule has 1 aliphatic heterocycles. The minimum atomic E-state index is -0.524. The fraction of sp³-hybridized carbons (Fsp3) is 0.364. The van der Waals surface area contributed by atoms with Crippen molar-refractivity contribution < 1.29 is 13.2 Å². The van der Waals surface area contributed by atoms with E-state index in [2.05, 4.69) is 20.2 Å². The van der Waals surface area contributed by atoms with E-state index in [1.807, 2.05) is 6.92 Å². The Kier molecular flexibility index (Phi) is 5.67. The number of nitrogens with zero attached hydrogens (tertiary/aromatic N) is 3. The van der Waals surface area contributed by atoms with Crippen LogP contribution in [0.1, 0.15) is 30.5 Å². The molecule has 0 saturated carbocycles. The van der Waals surface area contributed by atoms with Gasteiger partial charge in [-0.3, -0.25) is 0 Å². The van der Waals surface area contributed by atoms with Crippen molar-refractivity contribution in [3.63, 3.8) is 0 Å². The second kappa shape index (κ2) is 8.37. The molecule has 0 radical (unpaired) electrons. The van der Waals surface area contributed by atoms with E-state index >= 15 is 0 Å². The lowest BCUT2D eigenvalue weighted by molar-refractivity contribution is 0.451. The van der Waals surface area contributed by atoms with Crippen LogP contribution in [0.25, 0.3) is 10.9 Å². The van der Waals surface area contributed by atoms with Crippen LogP contribution in [0.4, 0.5) is 19.1 Å². The Labute approximate surface area is 167 Å². The number of fused-ring (bicyclic) bond motifs is 1. The number of hydrogen-bond donors (Lipinski definition) is 1. The predicted molar refractivity (Wildman–Crippen MR) is 107 cm³/mol. The van der Waals surface area contributed by atoms with Gasteiger partial charge in [-0.15, -0.1) is 0 Å². The maximum absolute atomic E-state index is 13.8. The van der Waals surface area contributed by atoms with Gasteiger partial charge in [-0.1, -0.05) is 6.07 Å². The normalized spacial score (nSPS) is 17.5. The third kappa shape index (κ3) is 4.34. The number of aryl methyl sites for hydroxylation is 1. The zero-order valence-corrected chi connectivity index (χ0v) is 16.3. The molecular weight excluding hydrogens is 377 g/mol. The van der Waals surface area contributed by atoms with E-state index in [9.17, 15) is 13.2 Å². The van der Waals surface area contributed by atoms with Gasteiger partial charge >= 0.3 is 0 Å². The number of hydrogen-bond acceptors (Lipinski definition) is 4. The molecular formula is C22H23F3N4. The average Bonchev–Trinajstić information content (AvgIpc) is 2.94. The SMILES string of the molecule is Cc1nc(N2CCCC(NCc3c(F)cccc3F)CC2)nc2ccc(F)cc12. The highest BCUT2D eigenvalue weighted by Gasteiger charge is 2.20. The van der Waals surface area contributed by atoms with Crippen LogP contribution in [-0.2, 0) is 6.54 Å². The van der Waals surface area contributed by atoms with E-state index in [0.717, 1.165) is 48.9 Å². The van der Waals surface area contributed by atoms with Gasteiger partial charge in [-0.05, 0) is 56.5 Å². The summed E-state index contributed by atoms with van der Waals surface area (Å²) in [6.07, 6.45) is 2.64. The van der Waals surface area contributed by atoms with Gasteiger partial charge < -0.3 is 10.2 Å². The zero-order chi connectivity index (χ0) is 20.4. The summed E-state index contributed by atoms with van der Waals surface area (Å²) < 4.78 is 41.2. The first-order valence-corrected chi connectivity index (χ1v) is 9.86. The summed E-state index contributed by atoms with van der Waals surface area (Å²) in [7, 11) is 0. The molecule has 1 aromatic heterocycles. The Morgan fingerprint density at radius 1 is 1.03 bits per heavy atom. The molecule has 0 spiro atoms. The average molecular weight is 400 g/mol. The first kappa shape index (κ1) is 19.6. The molecule has 4 rings (SSSR count). The molecule has 0 amide bonds. The summed E-state index contributed by atoms with van der Waals surface area (Å²) in [5.41, 5.74) is 1.55. The van der Waals surface area contributed by atoms with Crippen LogP contribution < -0.4 is 10.2 Å². The molecule has 3 aromatic rings. The molecule has 1 atom stereocenters. The fourth-order valence-electron chi connectivity index (χ4n) is 3.83. The lowest BCUT2D eigenvalue weighted by Crippen LogP contribution is -2.31. The van der Waals surface area contributed by atoms with Crippen molar-refractivity contribution in [1.29, 1.82) is 0 Å². The van der Waals surface area contributed by atoms with Crippen molar-refractivity contribution in [2.75, 3.05) is 18.0 Å². The summed E-state index contributed by atoms with van der Waals surface area (Å²) >= 11 is 0. The quantitative estimate of drug-likeness (QED) is 0.700. The number of nitrogens with one attached hydrogen (secondary N) is 1. The van der Waals surface area contributed by atoms with Crippen LogP contribution in [0.15, 0.2) is 36.4 Å². The van der Waals surface area contributed by atoms with Gasteiger partial charge in [-0.25, -0.2) is 23.1 Å². The van der Waals surface area contributed by atoms with E-state index in [1.165, 1.54) is 30.3 Å². The Hall–Kier alpha value is -2.67. The van der Waals surface area contributed by atoms with Gasteiger partial charge in [0.05, 0.1) is 11.2 Å². The molecule has 2 heterocycles. The Morgan fingerprint density at radius 2 is 1.83 bits per heavy atom. The second-order valence-corrected chi connectivity index (χ2v) is 7.47. The predicted octanol–water partition coefficient (Wildman–Crippen LogP) is 4.50. The summed E-state index contributed by atoms with van der Waals surface area (Å²) in [5, 5.41) is 4.01. The molecule has 29 heavy (non-hydrogen) atoms. The van der Waals surface area contributed by atoms with Crippen molar-refractivity contribution in [3.8, 4) is 0 Å². The van der Waals surface area contributed by atoms with Crippen LogP contribution in [0.3, 0.4) is 0 Å². The minimum absolute atomic E-state index is 0.0781. The molecule has 1 N–H and O–H groups in total. The van der Waals surface area contributed by atoms with Crippen LogP contribution in [-0.4, -0.2) is 29.1 Å². The molecule has 7 heteroatoms. The van der Waals surface area contributed by atoms with Gasteiger partial charge in [0.2, 0.25) is 5.95 Å². The maximum Gasteiger partial charge on any atom is 0.226 e. The highest BCUT2D eigenvalue weighted by molar-refractivity contribution is 5.81. The van der Waals surface area contributed by atoms with Gasteiger partial charge in [0.15, 0.2) is 0 Å². The fourth-order valence-corrected chi connectivity index (χ4v) is 3.83. The number of rotatable bonds is 4. The van der Waals surface area contributed by atoms with Crippen LogP contribution in [0, 0.1) is 24.4 Å². The van der Waals surface area contributed by atoms with E-state index in [4.69, 9.17) is 0 Å². The number of halogens is 3. The van der Waals surface area contributed by atoms with Crippen molar-refractivity contribution in [3.05, 3.63) is 65.1 Å². The largest absolute Gasteiger partial charge is 0.341 e. The Morgan fingerprint density at radius 3 is 2.62 bits per heavy atom.